The van der Waals surface area contributed by atoms with Crippen LogP contribution in [0.15, 0.2) is 41.1 Å². The summed E-state index contributed by atoms with van der Waals surface area (Å²) in [7, 11) is 0. The molecule has 4 rings (SSSR count). The lowest BCUT2D eigenvalue weighted by Gasteiger charge is -2.02. The van der Waals surface area contributed by atoms with Gasteiger partial charge in [-0.15, -0.1) is 5.10 Å². The summed E-state index contributed by atoms with van der Waals surface area (Å²) in [5, 5.41) is 5.03. The maximum Gasteiger partial charge on any atom is 0.277 e. The smallest absolute Gasteiger partial charge is 0.277 e. The first kappa shape index (κ1) is 11.3. The van der Waals surface area contributed by atoms with Gasteiger partial charge in [0.1, 0.15) is 11.7 Å². The molecule has 1 aliphatic carbocycles. The van der Waals surface area contributed by atoms with E-state index < -0.39 is 0 Å². The van der Waals surface area contributed by atoms with Crippen LogP contribution in [0.4, 0.5) is 0 Å². The van der Waals surface area contributed by atoms with E-state index >= 15 is 0 Å². The van der Waals surface area contributed by atoms with Crippen LogP contribution in [-0.2, 0) is 9.53 Å². The van der Waals surface area contributed by atoms with Crippen LogP contribution < -0.4 is 5.43 Å². The highest BCUT2D eigenvalue weighted by Gasteiger charge is 2.31. The Labute approximate surface area is 115 Å². The minimum Gasteiger partial charge on any atom is -0.473 e. The second-order valence-corrected chi connectivity index (χ2v) is 5.02. The van der Waals surface area contributed by atoms with Crippen molar-refractivity contribution in [3.05, 3.63) is 41.6 Å². The summed E-state index contributed by atoms with van der Waals surface area (Å²) in [5.41, 5.74) is 4.95. The topological polar surface area (TPSA) is 66.5 Å². The normalized spacial score (nSPS) is 20.3. The van der Waals surface area contributed by atoms with Crippen molar-refractivity contribution in [2.24, 2.45) is 5.10 Å². The number of H-pyrrole nitrogens is 1. The van der Waals surface area contributed by atoms with E-state index in [-0.39, 0.29) is 12.0 Å². The van der Waals surface area contributed by atoms with Crippen molar-refractivity contribution in [1.82, 2.24) is 10.4 Å². The van der Waals surface area contributed by atoms with E-state index in [1.165, 1.54) is 0 Å². The SMILES string of the molecule is O=C1NN=C(OC2CC2)/C1=C/c1c[nH]c2ccccc12. The van der Waals surface area contributed by atoms with Gasteiger partial charge in [-0.05, 0) is 25.0 Å². The van der Waals surface area contributed by atoms with Gasteiger partial charge >= 0.3 is 0 Å². The summed E-state index contributed by atoms with van der Waals surface area (Å²) in [4.78, 5) is 15.1. The number of aromatic amines is 1. The largest absolute Gasteiger partial charge is 0.473 e. The fourth-order valence-electron chi connectivity index (χ4n) is 2.25. The standard InChI is InChI=1S/C15H13N3O2/c19-14-12(15(18-17-14)20-10-5-6-10)7-9-8-16-13-4-2-1-3-11(9)13/h1-4,7-8,10,16H,5-6H2,(H,17,19)/b12-7+. The molecule has 1 fully saturated rings. The summed E-state index contributed by atoms with van der Waals surface area (Å²) >= 11 is 0. The van der Waals surface area contributed by atoms with Crippen LogP contribution in [0.25, 0.3) is 17.0 Å². The highest BCUT2D eigenvalue weighted by atomic mass is 16.5. The summed E-state index contributed by atoms with van der Waals surface area (Å²) in [6.45, 7) is 0. The summed E-state index contributed by atoms with van der Waals surface area (Å²) < 4.78 is 5.65. The van der Waals surface area contributed by atoms with Crippen LogP contribution in [0, 0.1) is 0 Å². The molecule has 0 atom stereocenters. The monoisotopic (exact) mass is 267 g/mol. The van der Waals surface area contributed by atoms with Crippen molar-refractivity contribution >= 4 is 28.8 Å². The highest BCUT2D eigenvalue weighted by molar-refractivity contribution is 6.25. The molecular weight excluding hydrogens is 254 g/mol. The third-order valence-electron chi connectivity index (χ3n) is 3.46. The number of nitrogens with one attached hydrogen (secondary N) is 2. The number of nitrogens with zero attached hydrogens (tertiary/aromatic N) is 1. The second kappa shape index (κ2) is 4.23. The summed E-state index contributed by atoms with van der Waals surface area (Å²) in [6, 6.07) is 7.97. The van der Waals surface area contributed by atoms with Gasteiger partial charge in [-0.1, -0.05) is 18.2 Å². The van der Waals surface area contributed by atoms with Gasteiger partial charge in [0.2, 0.25) is 5.90 Å². The number of para-hydroxylation sites is 1. The van der Waals surface area contributed by atoms with E-state index in [4.69, 9.17) is 4.74 Å². The minimum atomic E-state index is -0.217. The minimum absolute atomic E-state index is 0.216. The lowest BCUT2D eigenvalue weighted by atomic mass is 10.1. The Morgan fingerprint density at radius 2 is 2.15 bits per heavy atom. The Bertz CT molecular complexity index is 753. The van der Waals surface area contributed by atoms with Crippen LogP contribution in [0.5, 0.6) is 0 Å². The number of carbonyl (C=O) groups is 1. The Balaban J connectivity index is 1.73. The van der Waals surface area contributed by atoms with Crippen molar-refractivity contribution < 1.29 is 9.53 Å². The lowest BCUT2D eigenvalue weighted by Crippen LogP contribution is -2.14. The van der Waals surface area contributed by atoms with Crippen LogP contribution in [0.2, 0.25) is 0 Å². The first-order valence-electron chi connectivity index (χ1n) is 6.64. The van der Waals surface area contributed by atoms with Crippen molar-refractivity contribution in [3.63, 3.8) is 0 Å². The second-order valence-electron chi connectivity index (χ2n) is 5.02. The number of aromatic nitrogens is 1. The maximum absolute atomic E-state index is 11.9. The molecule has 2 heterocycles. The maximum atomic E-state index is 11.9. The fraction of sp³-hybridized carbons (Fsp3) is 0.200. The molecule has 0 saturated heterocycles. The quantitative estimate of drug-likeness (QED) is 0.819. The number of hydrogen-bond acceptors (Lipinski definition) is 3. The molecule has 0 bridgehead atoms. The molecule has 5 heteroatoms. The number of hydrazone groups is 1. The molecule has 100 valence electrons. The van der Waals surface area contributed by atoms with Crippen LogP contribution in [0.3, 0.4) is 0 Å². The van der Waals surface area contributed by atoms with Crippen molar-refractivity contribution in [2.75, 3.05) is 0 Å². The van der Waals surface area contributed by atoms with Gasteiger partial charge in [0.05, 0.1) is 0 Å². The van der Waals surface area contributed by atoms with Gasteiger partial charge in [-0.2, -0.15) is 0 Å². The number of fused-ring (bicyclic) bond motifs is 1. The molecule has 20 heavy (non-hydrogen) atoms. The van der Waals surface area contributed by atoms with Crippen molar-refractivity contribution in [3.8, 4) is 0 Å². The van der Waals surface area contributed by atoms with E-state index in [1.54, 1.807) is 0 Å². The van der Waals surface area contributed by atoms with Crippen molar-refractivity contribution in [1.29, 1.82) is 0 Å². The van der Waals surface area contributed by atoms with Gasteiger partial charge in [-0.25, -0.2) is 5.43 Å². The molecule has 1 aromatic carbocycles. The lowest BCUT2D eigenvalue weighted by molar-refractivity contribution is -0.116. The summed E-state index contributed by atoms with van der Waals surface area (Å²) in [5.74, 6) is 0.189. The molecule has 1 aliphatic heterocycles. The Kier molecular flexibility index (Phi) is 2.39. The van der Waals surface area contributed by atoms with Gasteiger partial charge in [0.15, 0.2) is 0 Å². The van der Waals surface area contributed by atoms with Gasteiger partial charge < -0.3 is 9.72 Å². The molecule has 0 spiro atoms. The molecule has 1 amide bonds. The van der Waals surface area contributed by atoms with E-state index in [9.17, 15) is 4.79 Å². The Morgan fingerprint density at radius 1 is 1.30 bits per heavy atom. The van der Waals surface area contributed by atoms with Crippen LogP contribution >= 0.6 is 0 Å². The van der Waals surface area contributed by atoms with Gasteiger partial charge in [0.25, 0.3) is 5.91 Å². The Hall–Kier alpha value is -2.56. The first-order chi connectivity index (χ1) is 9.81. The third-order valence-corrected chi connectivity index (χ3v) is 3.46. The van der Waals surface area contributed by atoms with E-state index in [0.717, 1.165) is 29.3 Å². The van der Waals surface area contributed by atoms with Gasteiger partial charge in [-0.3, -0.25) is 4.79 Å². The van der Waals surface area contributed by atoms with Crippen molar-refractivity contribution in [2.45, 2.75) is 18.9 Å². The Morgan fingerprint density at radius 3 is 3.00 bits per heavy atom. The molecule has 2 aliphatic rings. The van der Waals surface area contributed by atoms with E-state index in [1.807, 2.05) is 36.5 Å². The fourth-order valence-corrected chi connectivity index (χ4v) is 2.25. The predicted octanol–water partition coefficient (Wildman–Crippen LogP) is 2.17. The summed E-state index contributed by atoms with van der Waals surface area (Å²) in [6.07, 6.45) is 5.99. The average molecular weight is 267 g/mol. The predicted molar refractivity (Wildman–Crippen MR) is 76.0 cm³/mol. The molecule has 5 nitrogen and oxygen atoms in total. The number of rotatable bonds is 2. The zero-order valence-corrected chi connectivity index (χ0v) is 10.7. The average Bonchev–Trinajstić information content (AvgIpc) is 3.10. The number of carbonyl (C=O) groups excluding carboxylic acids is 1. The van der Waals surface area contributed by atoms with Gasteiger partial charge in [0, 0.05) is 22.7 Å². The first-order valence-corrected chi connectivity index (χ1v) is 6.64. The van der Waals surface area contributed by atoms with Crippen LogP contribution in [-0.4, -0.2) is 22.9 Å². The number of ether oxygens (including phenoxy) is 1. The number of benzene rings is 1. The molecule has 2 N–H and O–H groups in total. The van der Waals surface area contributed by atoms with Crippen LogP contribution in [0.1, 0.15) is 18.4 Å². The number of amides is 1. The molecule has 2 aromatic rings. The van der Waals surface area contributed by atoms with E-state index in [2.05, 4.69) is 15.5 Å². The molecule has 1 aromatic heterocycles. The molecule has 1 saturated carbocycles. The zero-order valence-electron chi connectivity index (χ0n) is 10.7. The highest BCUT2D eigenvalue weighted by Crippen LogP contribution is 2.27. The third kappa shape index (κ3) is 1.87. The zero-order chi connectivity index (χ0) is 13.5. The number of hydrogen-bond donors (Lipinski definition) is 2. The van der Waals surface area contributed by atoms with E-state index in [0.29, 0.717) is 11.5 Å². The molecular formula is C15H13N3O2. The molecule has 0 unspecified atom stereocenters. The molecule has 0 radical (unpaired) electrons.